The topological polar surface area (TPSA) is 174 Å². The molecule has 4 aromatic rings. The Labute approximate surface area is 270 Å². The highest BCUT2D eigenvalue weighted by molar-refractivity contribution is 6.17. The molecule has 0 bridgehead atoms. The highest BCUT2D eigenvalue weighted by atomic mass is 16.6. The van der Waals surface area contributed by atoms with Crippen molar-refractivity contribution in [3.05, 3.63) is 105 Å². The molecule has 242 valence electrons. The molecule has 0 atom stereocenters. The first-order chi connectivity index (χ1) is 22.5. The maximum atomic E-state index is 12.2. The molecule has 4 heterocycles. The van der Waals surface area contributed by atoms with Crippen LogP contribution in [0.2, 0.25) is 0 Å². The largest absolute Gasteiger partial charge is 0.505 e. The van der Waals surface area contributed by atoms with E-state index in [0.29, 0.717) is 48.5 Å². The van der Waals surface area contributed by atoms with Crippen LogP contribution in [0.1, 0.15) is 75.3 Å². The lowest BCUT2D eigenvalue weighted by molar-refractivity contribution is 0.0442. The smallest absolute Gasteiger partial charge is 0.350 e. The van der Waals surface area contributed by atoms with Crippen LogP contribution in [-0.2, 0) is 30.4 Å². The molecule has 6 rings (SSSR count). The van der Waals surface area contributed by atoms with E-state index >= 15 is 0 Å². The number of rotatable bonds is 8. The van der Waals surface area contributed by atoms with E-state index in [1.807, 2.05) is 48.5 Å². The molecule has 0 radical (unpaired) electrons. The van der Waals surface area contributed by atoms with Gasteiger partial charge in [0.1, 0.15) is 28.4 Å². The van der Waals surface area contributed by atoms with Crippen molar-refractivity contribution in [3.8, 4) is 23.0 Å². The van der Waals surface area contributed by atoms with E-state index in [-0.39, 0.29) is 52.0 Å². The second-order valence-electron chi connectivity index (χ2n) is 11.0. The SMILES string of the molecule is COc1ccc(CCc2nc(C)c(O)c3c2C(=O)NCC3=O)cc1.COc1ccc(CCc2nc(C)c(O)c3c2C(=O)OC3=O)cc1. The number of esters is 2. The number of aryl methyl sites for hydroxylation is 6. The number of hydrogen-bond acceptors (Lipinski definition) is 11. The Hall–Kier alpha value is -5.78. The van der Waals surface area contributed by atoms with Crippen LogP contribution in [0.3, 0.4) is 0 Å². The van der Waals surface area contributed by atoms with Gasteiger partial charge >= 0.3 is 11.9 Å². The van der Waals surface area contributed by atoms with E-state index in [4.69, 9.17) is 9.47 Å². The van der Waals surface area contributed by atoms with E-state index in [9.17, 15) is 29.4 Å². The number of ether oxygens (including phenoxy) is 3. The summed E-state index contributed by atoms with van der Waals surface area (Å²) in [4.78, 5) is 56.4. The Morgan fingerprint density at radius 2 is 1.11 bits per heavy atom. The number of methoxy groups -OCH3 is 2. The zero-order chi connectivity index (χ0) is 33.8. The van der Waals surface area contributed by atoms with Crippen molar-refractivity contribution in [2.45, 2.75) is 39.5 Å². The number of pyridine rings is 2. The average Bonchev–Trinajstić information content (AvgIpc) is 3.38. The van der Waals surface area contributed by atoms with Gasteiger partial charge in [0.05, 0.1) is 54.7 Å². The maximum Gasteiger partial charge on any atom is 0.350 e. The number of amides is 1. The average molecular weight is 640 g/mol. The minimum Gasteiger partial charge on any atom is -0.505 e. The Morgan fingerprint density at radius 1 is 0.660 bits per heavy atom. The molecular formula is C35H33N3O9. The van der Waals surface area contributed by atoms with Crippen LogP contribution in [0.25, 0.3) is 0 Å². The molecule has 0 saturated carbocycles. The zero-order valence-corrected chi connectivity index (χ0v) is 26.3. The van der Waals surface area contributed by atoms with Gasteiger partial charge in [-0.05, 0) is 74.9 Å². The van der Waals surface area contributed by atoms with E-state index in [0.717, 1.165) is 22.6 Å². The summed E-state index contributed by atoms with van der Waals surface area (Å²) in [6.07, 6.45) is 2.25. The third kappa shape index (κ3) is 6.76. The van der Waals surface area contributed by atoms with Gasteiger partial charge in [-0.25, -0.2) is 9.59 Å². The Morgan fingerprint density at radius 3 is 1.60 bits per heavy atom. The number of nitrogens with one attached hydrogen (secondary N) is 1. The van der Waals surface area contributed by atoms with Crippen molar-refractivity contribution in [1.82, 2.24) is 15.3 Å². The molecule has 12 nitrogen and oxygen atoms in total. The fourth-order valence-corrected chi connectivity index (χ4v) is 5.44. The third-order valence-electron chi connectivity index (χ3n) is 7.97. The Bertz CT molecular complexity index is 1880. The summed E-state index contributed by atoms with van der Waals surface area (Å²) in [6.45, 7) is 3.12. The van der Waals surface area contributed by atoms with Gasteiger partial charge in [0, 0.05) is 0 Å². The van der Waals surface area contributed by atoms with Gasteiger partial charge in [-0.3, -0.25) is 19.6 Å². The number of carbonyl (C=O) groups is 4. The highest BCUT2D eigenvalue weighted by Gasteiger charge is 2.37. The number of aromatic hydroxyl groups is 2. The molecule has 0 aliphatic carbocycles. The van der Waals surface area contributed by atoms with Crippen LogP contribution >= 0.6 is 0 Å². The molecule has 1 amide bonds. The highest BCUT2D eigenvalue weighted by Crippen LogP contribution is 2.33. The number of benzene rings is 2. The summed E-state index contributed by atoms with van der Waals surface area (Å²) in [5, 5.41) is 22.6. The molecule has 3 N–H and O–H groups in total. The Balaban J connectivity index is 0.000000185. The molecule has 2 aliphatic heterocycles. The van der Waals surface area contributed by atoms with Crippen LogP contribution in [-0.4, -0.2) is 64.6 Å². The summed E-state index contributed by atoms with van der Waals surface area (Å²) >= 11 is 0. The van der Waals surface area contributed by atoms with Gasteiger partial charge in [0.15, 0.2) is 11.5 Å². The number of nitrogens with zero attached hydrogens (tertiary/aromatic N) is 2. The molecule has 0 spiro atoms. The van der Waals surface area contributed by atoms with Gasteiger partial charge in [0.2, 0.25) is 0 Å². The van der Waals surface area contributed by atoms with Crippen LogP contribution < -0.4 is 14.8 Å². The summed E-state index contributed by atoms with van der Waals surface area (Å²) < 4.78 is 14.8. The molecule has 47 heavy (non-hydrogen) atoms. The van der Waals surface area contributed by atoms with Gasteiger partial charge in [0.25, 0.3) is 5.91 Å². The molecule has 0 fully saturated rings. The summed E-state index contributed by atoms with van der Waals surface area (Å²) in [7, 11) is 3.21. The van der Waals surface area contributed by atoms with Crippen LogP contribution in [0.15, 0.2) is 48.5 Å². The molecule has 0 saturated heterocycles. The zero-order valence-electron chi connectivity index (χ0n) is 26.3. The first kappa shape index (κ1) is 32.6. The van der Waals surface area contributed by atoms with Crippen LogP contribution in [0.4, 0.5) is 0 Å². The van der Waals surface area contributed by atoms with Crippen molar-refractivity contribution < 1.29 is 43.6 Å². The molecule has 0 unspecified atom stereocenters. The molecule has 2 aromatic carbocycles. The first-order valence-corrected chi connectivity index (χ1v) is 14.8. The van der Waals surface area contributed by atoms with E-state index < -0.39 is 11.9 Å². The summed E-state index contributed by atoms with van der Waals surface area (Å²) in [5.41, 5.74) is 4.06. The lowest BCUT2D eigenvalue weighted by Gasteiger charge is -2.20. The fourth-order valence-electron chi connectivity index (χ4n) is 5.44. The van der Waals surface area contributed by atoms with Gasteiger partial charge < -0.3 is 29.7 Å². The molecule has 2 aromatic heterocycles. The third-order valence-corrected chi connectivity index (χ3v) is 7.97. The predicted molar refractivity (Wildman–Crippen MR) is 168 cm³/mol. The maximum absolute atomic E-state index is 12.2. The van der Waals surface area contributed by atoms with Crippen LogP contribution in [0.5, 0.6) is 23.0 Å². The lowest BCUT2D eigenvalue weighted by atomic mass is 9.93. The first-order valence-electron chi connectivity index (χ1n) is 14.8. The van der Waals surface area contributed by atoms with Crippen molar-refractivity contribution in [2.75, 3.05) is 20.8 Å². The van der Waals surface area contributed by atoms with Crippen LogP contribution in [0, 0.1) is 13.8 Å². The molecular weight excluding hydrogens is 606 g/mol. The van der Waals surface area contributed by atoms with Crippen molar-refractivity contribution in [2.24, 2.45) is 0 Å². The minimum absolute atomic E-state index is 0.0756. The standard InChI is InChI=1S/C18H18N2O4.C17H15NO5/c1-10-17(22)16-14(21)9-19-18(23)15(16)13(20-10)8-5-11-3-6-12(24-2)7-4-11;1-9-15(19)14-13(16(20)23-17(14)21)12(18-9)8-5-10-3-6-11(22-2)7-4-10/h3-4,6-7,22H,5,8-9H2,1-2H3,(H,19,23);3-4,6-7,19H,5,8H2,1-2H3. The van der Waals surface area contributed by atoms with Crippen molar-refractivity contribution in [3.63, 3.8) is 0 Å². The number of ketones is 1. The van der Waals surface area contributed by atoms with Gasteiger partial charge in [-0.15, -0.1) is 0 Å². The fraction of sp³-hybridized carbons (Fsp3) is 0.257. The quantitative estimate of drug-likeness (QED) is 0.188. The van der Waals surface area contributed by atoms with Gasteiger partial charge in [-0.2, -0.15) is 0 Å². The number of aromatic nitrogens is 2. The number of fused-ring (bicyclic) bond motifs is 2. The van der Waals surface area contributed by atoms with E-state index in [1.165, 1.54) is 0 Å². The number of Topliss-reactive ketones (excluding diaryl/α,β-unsaturated/α-hetero) is 1. The van der Waals surface area contributed by atoms with E-state index in [1.54, 1.807) is 28.1 Å². The Kier molecular flexibility index (Phi) is 9.50. The number of hydrogen-bond donors (Lipinski definition) is 3. The minimum atomic E-state index is -0.821. The second kappa shape index (κ2) is 13.7. The normalized spacial score (nSPS) is 13.2. The van der Waals surface area contributed by atoms with Crippen molar-refractivity contribution >= 4 is 23.6 Å². The molecule has 2 aliphatic rings. The summed E-state index contributed by atoms with van der Waals surface area (Å²) in [6, 6.07) is 15.2. The second-order valence-corrected chi connectivity index (χ2v) is 11.0. The number of cyclic esters (lactones) is 2. The monoisotopic (exact) mass is 639 g/mol. The lowest BCUT2D eigenvalue weighted by Crippen LogP contribution is -2.38. The van der Waals surface area contributed by atoms with Crippen molar-refractivity contribution in [1.29, 1.82) is 0 Å². The summed E-state index contributed by atoms with van der Waals surface area (Å²) in [5.74, 6) is -1.17. The van der Waals surface area contributed by atoms with Gasteiger partial charge in [-0.1, -0.05) is 24.3 Å². The van der Waals surface area contributed by atoms with E-state index in [2.05, 4.69) is 20.0 Å². The number of carbonyl (C=O) groups excluding carboxylic acids is 4. The molecule has 12 heteroatoms. The predicted octanol–water partition coefficient (Wildman–Crippen LogP) is 4.02.